The maximum absolute atomic E-state index is 12.4. The summed E-state index contributed by atoms with van der Waals surface area (Å²) in [7, 11) is -3.59. The lowest BCUT2D eigenvalue weighted by Crippen LogP contribution is -2.34. The van der Waals surface area contributed by atoms with Gasteiger partial charge in [0.05, 0.1) is 11.9 Å². The van der Waals surface area contributed by atoms with Crippen LogP contribution in [0.2, 0.25) is 0 Å². The predicted octanol–water partition coefficient (Wildman–Crippen LogP) is 0.978. The van der Waals surface area contributed by atoms with Crippen LogP contribution in [0.5, 0.6) is 5.75 Å². The molecule has 116 valence electrons. The van der Waals surface area contributed by atoms with E-state index in [9.17, 15) is 13.2 Å². The van der Waals surface area contributed by atoms with Crippen LogP contribution in [0.15, 0.2) is 24.3 Å². The van der Waals surface area contributed by atoms with E-state index >= 15 is 0 Å². The molecule has 1 aliphatic heterocycles. The van der Waals surface area contributed by atoms with E-state index in [1.54, 1.807) is 24.3 Å². The van der Waals surface area contributed by atoms with E-state index in [1.807, 2.05) is 6.92 Å². The number of sulfonamides is 1. The van der Waals surface area contributed by atoms with Crippen LogP contribution in [0.25, 0.3) is 0 Å². The minimum Gasteiger partial charge on any atom is -0.494 e. The van der Waals surface area contributed by atoms with Crippen molar-refractivity contribution in [1.82, 2.24) is 4.90 Å². The van der Waals surface area contributed by atoms with E-state index in [2.05, 4.69) is 0 Å². The van der Waals surface area contributed by atoms with E-state index in [0.717, 1.165) is 6.42 Å². The second kappa shape index (κ2) is 6.44. The molecule has 1 heterocycles. The molecule has 2 N–H and O–H groups in total. The molecule has 7 heteroatoms. The Balaban J connectivity index is 2.07. The van der Waals surface area contributed by atoms with Crippen molar-refractivity contribution < 1.29 is 17.9 Å². The number of ether oxygens (including phenoxy) is 1. The lowest BCUT2D eigenvalue weighted by Gasteiger charge is -2.16. The Hall–Kier alpha value is -1.60. The number of carbonyl (C=O) groups is 1. The van der Waals surface area contributed by atoms with E-state index in [4.69, 9.17) is 9.88 Å². The van der Waals surface area contributed by atoms with Gasteiger partial charge in [-0.05, 0) is 31.0 Å². The monoisotopic (exact) mass is 312 g/mol. The molecule has 1 aromatic rings. The van der Waals surface area contributed by atoms with E-state index in [1.165, 1.54) is 4.90 Å². The van der Waals surface area contributed by atoms with Crippen LogP contribution < -0.4 is 9.88 Å². The molecule has 0 aliphatic carbocycles. The molecular weight excluding hydrogens is 292 g/mol. The fourth-order valence-corrected chi connectivity index (χ4v) is 3.12. The minimum atomic E-state index is -3.59. The van der Waals surface area contributed by atoms with Gasteiger partial charge in [-0.3, -0.25) is 4.79 Å². The largest absolute Gasteiger partial charge is 0.494 e. The summed E-state index contributed by atoms with van der Waals surface area (Å²) in [6, 6.07) is 6.93. The van der Waals surface area contributed by atoms with Gasteiger partial charge in [0.25, 0.3) is 5.91 Å². The van der Waals surface area contributed by atoms with Crippen LogP contribution in [0, 0.1) is 0 Å². The predicted molar refractivity (Wildman–Crippen MR) is 79.6 cm³/mol. The third-order valence-electron chi connectivity index (χ3n) is 3.45. The second-order valence-electron chi connectivity index (χ2n) is 5.13. The van der Waals surface area contributed by atoms with Gasteiger partial charge in [-0.15, -0.1) is 0 Å². The van der Waals surface area contributed by atoms with Crippen LogP contribution >= 0.6 is 0 Å². The maximum atomic E-state index is 12.4. The summed E-state index contributed by atoms with van der Waals surface area (Å²) in [5.74, 6) is 0.452. The molecule has 1 aliphatic rings. The summed E-state index contributed by atoms with van der Waals surface area (Å²) in [4.78, 5) is 13.9. The van der Waals surface area contributed by atoms with Gasteiger partial charge in [-0.2, -0.15) is 0 Å². The number of nitrogens with two attached hydrogens (primary N) is 1. The molecule has 1 unspecified atom stereocenters. The topological polar surface area (TPSA) is 89.7 Å². The highest BCUT2D eigenvalue weighted by Gasteiger charge is 2.33. The first kappa shape index (κ1) is 15.8. The molecule has 1 atom stereocenters. The lowest BCUT2D eigenvalue weighted by molar-refractivity contribution is 0.0792. The first-order valence-corrected chi connectivity index (χ1v) is 8.56. The molecule has 6 nitrogen and oxygen atoms in total. The van der Waals surface area contributed by atoms with Crippen LogP contribution in [0.3, 0.4) is 0 Å². The fourth-order valence-electron chi connectivity index (χ4n) is 2.30. The van der Waals surface area contributed by atoms with E-state index in [0.29, 0.717) is 30.9 Å². The molecule has 21 heavy (non-hydrogen) atoms. The fraction of sp³-hybridized carbons (Fsp3) is 0.500. The molecule has 1 amide bonds. The number of amides is 1. The van der Waals surface area contributed by atoms with Gasteiger partial charge >= 0.3 is 0 Å². The number of nitrogens with zero attached hydrogens (tertiary/aromatic N) is 1. The Morgan fingerprint density at radius 1 is 1.48 bits per heavy atom. The van der Waals surface area contributed by atoms with E-state index < -0.39 is 15.3 Å². The van der Waals surface area contributed by atoms with Gasteiger partial charge in [-0.25, -0.2) is 13.6 Å². The first-order chi connectivity index (χ1) is 9.91. The number of carbonyl (C=O) groups excluding carboxylic acids is 1. The summed E-state index contributed by atoms with van der Waals surface area (Å²) < 4.78 is 28.2. The van der Waals surface area contributed by atoms with Gasteiger partial charge in [0.1, 0.15) is 5.75 Å². The highest BCUT2D eigenvalue weighted by Crippen LogP contribution is 2.20. The Labute approximate surface area is 124 Å². The minimum absolute atomic E-state index is 0.151. The zero-order valence-corrected chi connectivity index (χ0v) is 12.8. The highest BCUT2D eigenvalue weighted by atomic mass is 32.2. The van der Waals surface area contributed by atoms with Crippen LogP contribution in [-0.2, 0) is 10.0 Å². The van der Waals surface area contributed by atoms with Crippen molar-refractivity contribution in [3.63, 3.8) is 0 Å². The molecular formula is C14H20N2O4S. The first-order valence-electron chi connectivity index (χ1n) is 6.95. The number of primary sulfonamides is 1. The smallest absolute Gasteiger partial charge is 0.254 e. The van der Waals surface area contributed by atoms with Gasteiger partial charge in [0.15, 0.2) is 0 Å². The molecule has 0 saturated carbocycles. The number of hydrogen-bond acceptors (Lipinski definition) is 4. The zero-order valence-electron chi connectivity index (χ0n) is 12.0. The lowest BCUT2D eigenvalue weighted by atomic mass is 10.2. The average Bonchev–Trinajstić information content (AvgIpc) is 2.94. The van der Waals surface area contributed by atoms with Crippen LogP contribution in [-0.4, -0.2) is 44.2 Å². The Morgan fingerprint density at radius 3 is 2.86 bits per heavy atom. The number of benzene rings is 1. The van der Waals surface area contributed by atoms with Crippen molar-refractivity contribution in [1.29, 1.82) is 0 Å². The molecule has 0 aromatic heterocycles. The average molecular weight is 312 g/mol. The highest BCUT2D eigenvalue weighted by molar-refractivity contribution is 7.89. The van der Waals surface area contributed by atoms with Gasteiger partial charge in [0, 0.05) is 18.7 Å². The third-order valence-corrected chi connectivity index (χ3v) is 4.76. The molecule has 1 fully saturated rings. The zero-order chi connectivity index (χ0) is 15.5. The molecule has 1 aromatic carbocycles. The van der Waals surface area contributed by atoms with Gasteiger partial charge in [-0.1, -0.05) is 13.0 Å². The quantitative estimate of drug-likeness (QED) is 0.877. The molecule has 2 rings (SSSR count). The molecule has 1 saturated heterocycles. The summed E-state index contributed by atoms with van der Waals surface area (Å²) >= 11 is 0. The second-order valence-corrected chi connectivity index (χ2v) is 6.97. The number of likely N-dealkylation sites (tertiary alicyclic amines) is 1. The molecule has 0 spiro atoms. The molecule has 0 radical (unpaired) electrons. The summed E-state index contributed by atoms with van der Waals surface area (Å²) in [5, 5.41) is 4.47. The van der Waals surface area contributed by atoms with Crippen molar-refractivity contribution in [2.24, 2.45) is 5.14 Å². The van der Waals surface area contributed by atoms with Gasteiger partial charge in [0.2, 0.25) is 10.0 Å². The summed E-state index contributed by atoms with van der Waals surface area (Å²) in [6.45, 7) is 3.15. The van der Waals surface area contributed by atoms with Crippen LogP contribution in [0.4, 0.5) is 0 Å². The normalized spacial score (nSPS) is 18.8. The van der Waals surface area contributed by atoms with E-state index in [-0.39, 0.29) is 12.5 Å². The van der Waals surface area contributed by atoms with Crippen molar-refractivity contribution in [2.45, 2.75) is 25.0 Å². The Morgan fingerprint density at radius 2 is 2.24 bits per heavy atom. The Bertz CT molecular complexity index is 615. The van der Waals surface area contributed by atoms with Crippen molar-refractivity contribution in [3.05, 3.63) is 29.8 Å². The SMILES string of the molecule is CCCOc1cccc(C(=O)N2CCC(S(N)(=O)=O)C2)c1. The van der Waals surface area contributed by atoms with Crippen molar-refractivity contribution in [3.8, 4) is 5.75 Å². The standard InChI is InChI=1S/C14H20N2O4S/c1-2-8-20-12-5-3-4-11(9-12)14(17)16-7-6-13(10-16)21(15,18)19/h3-5,9,13H,2,6-8,10H2,1H3,(H2,15,18,19). The molecule has 0 bridgehead atoms. The summed E-state index contributed by atoms with van der Waals surface area (Å²) in [6.07, 6.45) is 1.27. The number of hydrogen-bond donors (Lipinski definition) is 1. The maximum Gasteiger partial charge on any atom is 0.254 e. The number of rotatable bonds is 5. The van der Waals surface area contributed by atoms with Crippen molar-refractivity contribution in [2.75, 3.05) is 19.7 Å². The van der Waals surface area contributed by atoms with Gasteiger partial charge < -0.3 is 9.64 Å². The Kier molecular flexibility index (Phi) is 4.84. The van der Waals surface area contributed by atoms with Crippen LogP contribution in [0.1, 0.15) is 30.1 Å². The third kappa shape index (κ3) is 3.95. The summed E-state index contributed by atoms with van der Waals surface area (Å²) in [5.41, 5.74) is 0.499. The van der Waals surface area contributed by atoms with Crippen molar-refractivity contribution >= 4 is 15.9 Å².